The van der Waals surface area contributed by atoms with Gasteiger partial charge >= 0.3 is 0 Å². The number of carbonyl (C=O) groups is 1. The summed E-state index contributed by atoms with van der Waals surface area (Å²) in [5.41, 5.74) is 2.50. The third-order valence-electron chi connectivity index (χ3n) is 4.77. The number of dihydropyridines is 1. The Balaban J connectivity index is 1.63. The van der Waals surface area contributed by atoms with Gasteiger partial charge in [0.1, 0.15) is 11.6 Å². The first-order valence-corrected chi connectivity index (χ1v) is 8.98. The molecule has 0 bridgehead atoms. The van der Waals surface area contributed by atoms with Crippen LogP contribution in [0.1, 0.15) is 27.2 Å². The summed E-state index contributed by atoms with van der Waals surface area (Å²) in [7, 11) is 1.65. The number of nitrogens with one attached hydrogen (secondary N) is 1. The van der Waals surface area contributed by atoms with Crippen LogP contribution in [0.2, 0.25) is 0 Å². The number of hydrogen-bond donors (Lipinski definition) is 2. The Morgan fingerprint density at radius 1 is 1.34 bits per heavy atom. The lowest BCUT2D eigenvalue weighted by Crippen LogP contribution is -2.25. The van der Waals surface area contributed by atoms with Gasteiger partial charge in [0.15, 0.2) is 0 Å². The van der Waals surface area contributed by atoms with Crippen molar-refractivity contribution in [3.05, 3.63) is 94.7 Å². The molecule has 148 valence electrons. The van der Waals surface area contributed by atoms with Gasteiger partial charge in [-0.1, -0.05) is 6.08 Å². The van der Waals surface area contributed by atoms with Gasteiger partial charge in [-0.15, -0.1) is 0 Å². The number of rotatable bonds is 4. The van der Waals surface area contributed by atoms with E-state index in [-0.39, 0.29) is 24.6 Å². The molecule has 0 saturated heterocycles. The summed E-state index contributed by atoms with van der Waals surface area (Å²) in [4.78, 5) is 18.0. The molecule has 1 aromatic heterocycles. The second-order valence-corrected chi connectivity index (χ2v) is 6.87. The van der Waals surface area contributed by atoms with Gasteiger partial charge in [-0.3, -0.25) is 9.78 Å². The van der Waals surface area contributed by atoms with Crippen LogP contribution >= 0.6 is 0 Å². The molecule has 0 spiro atoms. The molecule has 3 N–H and O–H groups in total. The summed E-state index contributed by atoms with van der Waals surface area (Å²) in [5.74, 6) is 3.95. The number of pyridine rings is 1. The number of hydrogen-bond acceptors (Lipinski definition) is 5. The molecule has 2 aromatic rings. The number of allylic oxidation sites excluding steroid dienone is 3. The van der Waals surface area contributed by atoms with E-state index < -0.39 is 11.6 Å². The van der Waals surface area contributed by atoms with E-state index in [9.17, 15) is 13.6 Å². The first-order chi connectivity index (χ1) is 13.9. The maximum Gasteiger partial charge on any atom is 0.256 e. The Kier molecular flexibility index (Phi) is 4.85. The average Bonchev–Trinajstić information content (AvgIpc) is 3.00. The van der Waals surface area contributed by atoms with Crippen molar-refractivity contribution in [2.24, 2.45) is 5.84 Å². The van der Waals surface area contributed by atoms with Gasteiger partial charge in [0.2, 0.25) is 0 Å². The number of nitrogens with zero attached hydrogens (tertiary/aromatic N) is 3. The van der Waals surface area contributed by atoms with E-state index in [1.54, 1.807) is 49.9 Å². The van der Waals surface area contributed by atoms with E-state index >= 15 is 0 Å². The smallest absolute Gasteiger partial charge is 0.256 e. The van der Waals surface area contributed by atoms with E-state index in [2.05, 4.69) is 10.3 Å². The molecule has 0 radical (unpaired) electrons. The second-order valence-electron chi connectivity index (χ2n) is 6.87. The molecule has 1 aromatic carbocycles. The zero-order valence-corrected chi connectivity index (χ0v) is 15.7. The summed E-state index contributed by atoms with van der Waals surface area (Å²) in [6.45, 7) is 0.0593. The van der Waals surface area contributed by atoms with Crippen LogP contribution in [0, 0.1) is 11.6 Å². The first-order valence-electron chi connectivity index (χ1n) is 8.98. The van der Waals surface area contributed by atoms with E-state index in [1.165, 1.54) is 22.0 Å². The molecule has 4 rings (SSSR count). The Morgan fingerprint density at radius 2 is 2.10 bits per heavy atom. The third-order valence-corrected chi connectivity index (χ3v) is 4.77. The van der Waals surface area contributed by atoms with Crippen molar-refractivity contribution >= 4 is 11.5 Å². The molecule has 0 saturated carbocycles. The fraction of sp³-hybridized carbons (Fsp3) is 0.143. The Morgan fingerprint density at radius 3 is 2.79 bits per heavy atom. The number of carbonyl (C=O) groups excluding carboxylic acids is 1. The first kappa shape index (κ1) is 18.8. The van der Waals surface area contributed by atoms with Crippen molar-refractivity contribution in [2.75, 3.05) is 7.05 Å². The van der Waals surface area contributed by atoms with Crippen molar-refractivity contribution in [1.29, 1.82) is 0 Å². The largest absolute Gasteiger partial charge is 0.360 e. The summed E-state index contributed by atoms with van der Waals surface area (Å²) < 4.78 is 29.7. The van der Waals surface area contributed by atoms with Crippen molar-refractivity contribution in [2.45, 2.75) is 13.1 Å². The van der Waals surface area contributed by atoms with Crippen molar-refractivity contribution in [3.8, 4) is 0 Å². The van der Waals surface area contributed by atoms with E-state index in [0.717, 1.165) is 0 Å². The molecule has 0 aliphatic carbocycles. The lowest BCUT2D eigenvalue weighted by Gasteiger charge is -2.20. The van der Waals surface area contributed by atoms with Crippen LogP contribution in [-0.4, -0.2) is 27.8 Å². The molecule has 2 aliphatic heterocycles. The van der Waals surface area contributed by atoms with E-state index in [4.69, 9.17) is 5.84 Å². The van der Waals surface area contributed by atoms with Gasteiger partial charge in [0.25, 0.3) is 5.91 Å². The molecule has 0 atom stereocenters. The van der Waals surface area contributed by atoms with Crippen LogP contribution in [0.3, 0.4) is 0 Å². The standard InChI is InChI=1S/C21H19F2N5O/c1-27(24)11-19-14(4-2-6-25-19)13-8-17(22)16(18(23)9-13)10-28-12-20-15(21(28)29)5-3-7-26-20/h2-9,11,25H,10,12,24H2,1H3/b19-11-. The van der Waals surface area contributed by atoms with Gasteiger partial charge in [0.05, 0.1) is 30.0 Å². The van der Waals surface area contributed by atoms with Gasteiger partial charge < -0.3 is 15.2 Å². The molecule has 29 heavy (non-hydrogen) atoms. The molecule has 8 heteroatoms. The monoisotopic (exact) mass is 395 g/mol. The van der Waals surface area contributed by atoms with E-state index in [0.29, 0.717) is 28.1 Å². The Bertz CT molecular complexity index is 1050. The number of fused-ring (bicyclic) bond motifs is 1. The van der Waals surface area contributed by atoms with Crippen LogP contribution in [-0.2, 0) is 13.1 Å². The highest BCUT2D eigenvalue weighted by atomic mass is 19.1. The molecule has 0 fully saturated rings. The van der Waals surface area contributed by atoms with Gasteiger partial charge in [0, 0.05) is 36.8 Å². The number of benzene rings is 1. The van der Waals surface area contributed by atoms with Crippen LogP contribution in [0.15, 0.2) is 60.7 Å². The predicted octanol–water partition coefficient (Wildman–Crippen LogP) is 2.66. The zero-order valence-electron chi connectivity index (χ0n) is 15.7. The minimum absolute atomic E-state index is 0.156. The fourth-order valence-corrected chi connectivity index (χ4v) is 3.42. The maximum absolute atomic E-state index is 14.9. The maximum atomic E-state index is 14.9. The highest BCUT2D eigenvalue weighted by Crippen LogP contribution is 2.29. The number of nitrogens with two attached hydrogens (primary N) is 1. The minimum atomic E-state index is -0.715. The van der Waals surface area contributed by atoms with Crippen molar-refractivity contribution in [1.82, 2.24) is 20.2 Å². The molecule has 2 aliphatic rings. The van der Waals surface area contributed by atoms with Gasteiger partial charge in [-0.25, -0.2) is 14.6 Å². The third kappa shape index (κ3) is 3.62. The summed E-state index contributed by atoms with van der Waals surface area (Å²) in [6, 6.07) is 5.86. The average molecular weight is 395 g/mol. The topological polar surface area (TPSA) is 74.5 Å². The Hall–Kier alpha value is -3.52. The van der Waals surface area contributed by atoms with Gasteiger partial charge in [-0.2, -0.15) is 0 Å². The number of amides is 1. The molecule has 1 amide bonds. The molecular formula is C21H19F2N5O. The molecule has 6 nitrogen and oxygen atoms in total. The van der Waals surface area contributed by atoms with Crippen molar-refractivity contribution < 1.29 is 13.6 Å². The zero-order chi connectivity index (χ0) is 20.5. The SMILES string of the molecule is CN(N)/C=C1\NC=CC=C1c1cc(F)c(CN2Cc3ncccc3C2=O)c(F)c1. The number of halogens is 2. The van der Waals surface area contributed by atoms with Crippen LogP contribution < -0.4 is 11.2 Å². The minimum Gasteiger partial charge on any atom is -0.360 e. The summed E-state index contributed by atoms with van der Waals surface area (Å²) >= 11 is 0. The van der Waals surface area contributed by atoms with Crippen molar-refractivity contribution in [3.63, 3.8) is 0 Å². The normalized spacial score (nSPS) is 16.7. The molecule has 3 heterocycles. The quantitative estimate of drug-likeness (QED) is 0.615. The predicted molar refractivity (Wildman–Crippen MR) is 104 cm³/mol. The fourth-order valence-electron chi connectivity index (χ4n) is 3.42. The lowest BCUT2D eigenvalue weighted by atomic mass is 9.98. The number of hydrazine groups is 1. The molecular weight excluding hydrogens is 376 g/mol. The van der Waals surface area contributed by atoms with Crippen LogP contribution in [0.25, 0.3) is 5.57 Å². The molecule has 0 unspecified atom stereocenters. The van der Waals surface area contributed by atoms with Crippen LogP contribution in [0.4, 0.5) is 8.78 Å². The highest BCUT2D eigenvalue weighted by molar-refractivity contribution is 5.97. The lowest BCUT2D eigenvalue weighted by molar-refractivity contribution is 0.0763. The second kappa shape index (κ2) is 7.48. The summed E-state index contributed by atoms with van der Waals surface area (Å²) in [5, 5.41) is 4.36. The summed E-state index contributed by atoms with van der Waals surface area (Å²) in [6.07, 6.45) is 8.39. The highest BCUT2D eigenvalue weighted by Gasteiger charge is 2.29. The number of aromatic nitrogens is 1. The van der Waals surface area contributed by atoms with Gasteiger partial charge in [-0.05, 0) is 35.9 Å². The van der Waals surface area contributed by atoms with E-state index in [1.807, 2.05) is 0 Å². The van der Waals surface area contributed by atoms with Crippen LogP contribution in [0.5, 0.6) is 0 Å². The Labute approximate surface area is 166 Å².